The Balaban J connectivity index is 2.47. The minimum absolute atomic E-state index is 0.0247. The maximum Gasteiger partial charge on any atom is 0.214 e. The third-order valence-corrected chi connectivity index (χ3v) is 2.47. The minimum Gasteiger partial charge on any atom is -0.384 e. The van der Waals surface area contributed by atoms with Crippen molar-refractivity contribution in [3.05, 3.63) is 24.3 Å². The van der Waals surface area contributed by atoms with Crippen LogP contribution in [0, 0.1) is 5.95 Å². The lowest BCUT2D eigenvalue weighted by molar-refractivity contribution is 0.584. The van der Waals surface area contributed by atoms with Crippen LogP contribution in [0.2, 0.25) is 0 Å². The van der Waals surface area contributed by atoms with Crippen LogP contribution in [0.4, 0.5) is 10.1 Å². The van der Waals surface area contributed by atoms with Gasteiger partial charge < -0.3 is 5.32 Å². The second-order valence-electron chi connectivity index (χ2n) is 2.92. The molecule has 0 saturated carbocycles. The fourth-order valence-electron chi connectivity index (χ4n) is 0.893. The first-order valence-corrected chi connectivity index (χ1v) is 6.06. The third kappa shape index (κ3) is 4.18. The van der Waals surface area contributed by atoms with Crippen LogP contribution in [0.25, 0.3) is 0 Å². The van der Waals surface area contributed by atoms with E-state index in [1.165, 1.54) is 12.3 Å². The average molecular weight is 218 g/mol. The lowest BCUT2D eigenvalue weighted by atomic mass is 10.4. The van der Waals surface area contributed by atoms with Crippen LogP contribution in [0.1, 0.15) is 0 Å². The maximum absolute atomic E-state index is 12.6. The number of pyridine rings is 1. The van der Waals surface area contributed by atoms with Gasteiger partial charge in [-0.3, -0.25) is 0 Å². The van der Waals surface area contributed by atoms with Gasteiger partial charge >= 0.3 is 0 Å². The number of sulfone groups is 1. The first kappa shape index (κ1) is 10.9. The van der Waals surface area contributed by atoms with E-state index < -0.39 is 15.8 Å². The monoisotopic (exact) mass is 218 g/mol. The Morgan fingerprint density at radius 3 is 2.86 bits per heavy atom. The molecule has 0 aliphatic carbocycles. The molecule has 4 nitrogen and oxygen atoms in total. The lowest BCUT2D eigenvalue weighted by Gasteiger charge is -2.04. The smallest absolute Gasteiger partial charge is 0.214 e. The van der Waals surface area contributed by atoms with Crippen molar-refractivity contribution in [2.24, 2.45) is 0 Å². The van der Waals surface area contributed by atoms with Gasteiger partial charge in [0.15, 0.2) is 0 Å². The zero-order chi connectivity index (χ0) is 10.6. The Kier molecular flexibility index (Phi) is 3.40. The maximum atomic E-state index is 12.6. The van der Waals surface area contributed by atoms with Gasteiger partial charge in [0.2, 0.25) is 5.95 Å². The Morgan fingerprint density at radius 1 is 1.57 bits per heavy atom. The van der Waals surface area contributed by atoms with Gasteiger partial charge in [-0.2, -0.15) is 4.39 Å². The SMILES string of the molecule is CS(=O)(=O)CCNc1ccnc(F)c1. The fraction of sp³-hybridized carbons (Fsp3) is 0.375. The van der Waals surface area contributed by atoms with Gasteiger partial charge in [0.1, 0.15) is 9.84 Å². The highest BCUT2D eigenvalue weighted by molar-refractivity contribution is 7.90. The molecule has 0 aliphatic heterocycles. The second kappa shape index (κ2) is 4.36. The van der Waals surface area contributed by atoms with Gasteiger partial charge in [-0.1, -0.05) is 0 Å². The summed E-state index contributed by atoms with van der Waals surface area (Å²) in [5.41, 5.74) is 0.529. The highest BCUT2D eigenvalue weighted by atomic mass is 32.2. The number of hydrogen-bond acceptors (Lipinski definition) is 4. The van der Waals surface area contributed by atoms with E-state index in [1.807, 2.05) is 0 Å². The largest absolute Gasteiger partial charge is 0.384 e. The highest BCUT2D eigenvalue weighted by Gasteiger charge is 2.01. The molecule has 0 saturated heterocycles. The summed E-state index contributed by atoms with van der Waals surface area (Å²) < 4.78 is 34.1. The van der Waals surface area contributed by atoms with Crippen molar-refractivity contribution in [1.29, 1.82) is 0 Å². The Labute approximate surface area is 82.1 Å². The summed E-state index contributed by atoms with van der Waals surface area (Å²) in [4.78, 5) is 3.37. The Bertz CT molecular complexity index is 406. The molecule has 78 valence electrons. The average Bonchev–Trinajstić information content (AvgIpc) is 2.01. The van der Waals surface area contributed by atoms with Crippen molar-refractivity contribution < 1.29 is 12.8 Å². The van der Waals surface area contributed by atoms with Crippen molar-refractivity contribution in [2.75, 3.05) is 23.9 Å². The van der Waals surface area contributed by atoms with E-state index in [2.05, 4.69) is 10.3 Å². The van der Waals surface area contributed by atoms with Crippen molar-refractivity contribution in [3.8, 4) is 0 Å². The van der Waals surface area contributed by atoms with E-state index in [-0.39, 0.29) is 12.3 Å². The molecule has 6 heteroatoms. The number of aromatic nitrogens is 1. The minimum atomic E-state index is -2.98. The van der Waals surface area contributed by atoms with E-state index in [9.17, 15) is 12.8 Å². The number of nitrogens with one attached hydrogen (secondary N) is 1. The van der Waals surface area contributed by atoms with E-state index in [1.54, 1.807) is 6.07 Å². The van der Waals surface area contributed by atoms with Crippen LogP contribution >= 0.6 is 0 Å². The van der Waals surface area contributed by atoms with Gasteiger partial charge in [0.25, 0.3) is 0 Å². The van der Waals surface area contributed by atoms with E-state index in [0.717, 1.165) is 6.26 Å². The van der Waals surface area contributed by atoms with Gasteiger partial charge in [-0.15, -0.1) is 0 Å². The summed E-state index contributed by atoms with van der Waals surface area (Å²) in [5, 5.41) is 2.78. The molecule has 0 aromatic carbocycles. The zero-order valence-electron chi connectivity index (χ0n) is 7.70. The van der Waals surface area contributed by atoms with E-state index in [4.69, 9.17) is 0 Å². The first-order valence-electron chi connectivity index (χ1n) is 4.00. The standard InChI is InChI=1S/C8H11FN2O2S/c1-14(12,13)5-4-10-7-2-3-11-8(9)6-7/h2-3,6H,4-5H2,1H3,(H,10,11). The van der Waals surface area contributed by atoms with E-state index in [0.29, 0.717) is 5.69 Å². The number of halogens is 1. The molecular weight excluding hydrogens is 207 g/mol. The normalized spacial score (nSPS) is 11.3. The topological polar surface area (TPSA) is 59.1 Å². The van der Waals surface area contributed by atoms with Gasteiger partial charge in [0.05, 0.1) is 5.75 Å². The van der Waals surface area contributed by atoms with Crippen LogP contribution in [0.3, 0.4) is 0 Å². The molecule has 0 spiro atoms. The number of rotatable bonds is 4. The van der Waals surface area contributed by atoms with Crippen molar-refractivity contribution in [3.63, 3.8) is 0 Å². The molecule has 0 fully saturated rings. The third-order valence-electron chi connectivity index (χ3n) is 1.53. The summed E-state index contributed by atoms with van der Waals surface area (Å²) in [6.07, 6.45) is 2.47. The van der Waals surface area contributed by atoms with Crippen LogP contribution in [-0.2, 0) is 9.84 Å². The lowest BCUT2D eigenvalue weighted by Crippen LogP contribution is -2.14. The van der Waals surface area contributed by atoms with E-state index >= 15 is 0 Å². The van der Waals surface area contributed by atoms with Crippen molar-refractivity contribution in [2.45, 2.75) is 0 Å². The first-order chi connectivity index (χ1) is 6.47. The summed E-state index contributed by atoms with van der Waals surface area (Å²) >= 11 is 0. The zero-order valence-corrected chi connectivity index (χ0v) is 8.51. The van der Waals surface area contributed by atoms with Crippen LogP contribution < -0.4 is 5.32 Å². The molecule has 1 heterocycles. The molecule has 0 bridgehead atoms. The molecule has 14 heavy (non-hydrogen) atoms. The van der Waals surface area contributed by atoms with Gasteiger partial charge in [0, 0.05) is 30.8 Å². The molecule has 0 aliphatic rings. The summed E-state index contributed by atoms with van der Waals surface area (Å²) in [5.74, 6) is -0.564. The Morgan fingerprint density at radius 2 is 2.29 bits per heavy atom. The molecule has 1 aromatic heterocycles. The summed E-state index contributed by atoms with van der Waals surface area (Å²) in [6.45, 7) is 0.266. The quantitative estimate of drug-likeness (QED) is 0.755. The predicted octanol–water partition coefficient (Wildman–Crippen LogP) is 0.677. The molecular formula is C8H11FN2O2S. The molecule has 0 amide bonds. The number of hydrogen-bond donors (Lipinski definition) is 1. The molecule has 1 rings (SSSR count). The summed E-state index contributed by atoms with van der Waals surface area (Å²) in [7, 11) is -2.98. The molecule has 1 N–H and O–H groups in total. The summed E-state index contributed by atoms with van der Waals surface area (Å²) in [6, 6.07) is 2.79. The second-order valence-corrected chi connectivity index (χ2v) is 5.18. The molecule has 1 aromatic rings. The highest BCUT2D eigenvalue weighted by Crippen LogP contribution is 2.05. The Hall–Kier alpha value is -1.17. The van der Waals surface area contributed by atoms with Crippen LogP contribution in [0.5, 0.6) is 0 Å². The van der Waals surface area contributed by atoms with Gasteiger partial charge in [-0.25, -0.2) is 13.4 Å². The number of anilines is 1. The van der Waals surface area contributed by atoms with Crippen molar-refractivity contribution in [1.82, 2.24) is 4.98 Å². The molecule has 0 unspecified atom stereocenters. The number of nitrogens with zero attached hydrogens (tertiary/aromatic N) is 1. The molecule has 0 radical (unpaired) electrons. The van der Waals surface area contributed by atoms with Crippen LogP contribution in [-0.4, -0.2) is 32.0 Å². The predicted molar refractivity (Wildman–Crippen MR) is 52.4 cm³/mol. The fourth-order valence-corrected chi connectivity index (χ4v) is 1.37. The van der Waals surface area contributed by atoms with Crippen LogP contribution in [0.15, 0.2) is 18.3 Å². The van der Waals surface area contributed by atoms with Gasteiger partial charge in [-0.05, 0) is 6.07 Å². The van der Waals surface area contributed by atoms with Crippen molar-refractivity contribution >= 4 is 15.5 Å². The molecule has 0 atom stereocenters.